The largest absolute Gasteiger partial charge is 0.445 e. The van der Waals surface area contributed by atoms with Gasteiger partial charge in [0, 0.05) is 13.1 Å². The van der Waals surface area contributed by atoms with Gasteiger partial charge in [0.25, 0.3) is 0 Å². The summed E-state index contributed by atoms with van der Waals surface area (Å²) in [5.74, 6) is -0.320. The van der Waals surface area contributed by atoms with Crippen molar-refractivity contribution in [2.75, 3.05) is 30.1 Å². The van der Waals surface area contributed by atoms with Gasteiger partial charge in [0.1, 0.15) is 24.1 Å². The molecule has 0 radical (unpaired) electrons. The number of amides is 3. The van der Waals surface area contributed by atoms with Crippen LogP contribution in [0.3, 0.4) is 0 Å². The van der Waals surface area contributed by atoms with E-state index in [1.165, 1.54) is 6.07 Å². The van der Waals surface area contributed by atoms with Crippen molar-refractivity contribution >= 4 is 52.2 Å². The van der Waals surface area contributed by atoms with E-state index in [9.17, 15) is 14.4 Å². The molecule has 40 heavy (non-hydrogen) atoms. The van der Waals surface area contributed by atoms with Crippen molar-refractivity contribution in [1.29, 1.82) is 0 Å². The first-order chi connectivity index (χ1) is 18.7. The van der Waals surface area contributed by atoms with Gasteiger partial charge in [0.2, 0.25) is 5.91 Å². The van der Waals surface area contributed by atoms with Crippen molar-refractivity contribution in [2.45, 2.75) is 64.8 Å². The Morgan fingerprint density at radius 1 is 1.12 bits per heavy atom. The third kappa shape index (κ3) is 10.1. The fraction of sp³-hybridized carbons (Fsp3) is 0.483. The quantitative estimate of drug-likeness (QED) is 0.307. The van der Waals surface area contributed by atoms with Crippen LogP contribution < -0.4 is 10.6 Å². The topological polar surface area (TPSA) is 97.0 Å². The summed E-state index contributed by atoms with van der Waals surface area (Å²) >= 11 is 2.37. The van der Waals surface area contributed by atoms with Gasteiger partial charge in [-0.2, -0.15) is 7.20 Å². The molecule has 8 nitrogen and oxygen atoms in total. The van der Waals surface area contributed by atoms with Gasteiger partial charge in [0.05, 0.1) is 5.69 Å². The van der Waals surface area contributed by atoms with E-state index in [1.807, 2.05) is 30.3 Å². The van der Waals surface area contributed by atoms with Crippen LogP contribution in [0.25, 0.3) is 0 Å². The highest BCUT2D eigenvalue weighted by Crippen LogP contribution is 2.49. The highest BCUT2D eigenvalue weighted by Gasteiger charge is 2.28. The van der Waals surface area contributed by atoms with E-state index in [2.05, 4.69) is 44.4 Å². The van der Waals surface area contributed by atoms with Crippen LogP contribution in [0.4, 0.5) is 19.7 Å². The molecular formula is C29H39FIN3O5S. The molecule has 3 rings (SSSR count). The van der Waals surface area contributed by atoms with Crippen LogP contribution in [-0.2, 0) is 33.8 Å². The monoisotopic (exact) mass is 687 g/mol. The summed E-state index contributed by atoms with van der Waals surface area (Å²) in [6, 6.07) is 11.6. The Balaban J connectivity index is 1.71. The average molecular weight is 688 g/mol. The lowest BCUT2D eigenvalue weighted by atomic mass is 10.0. The first-order valence-corrected chi connectivity index (χ1v) is 18.3. The van der Waals surface area contributed by atoms with Crippen LogP contribution >= 0.6 is 28.4 Å². The summed E-state index contributed by atoms with van der Waals surface area (Å²) in [5, 5.41) is 5.34. The maximum Gasteiger partial charge on any atom is 0.410 e. The van der Waals surface area contributed by atoms with E-state index in [4.69, 9.17) is 9.47 Å². The number of alkyl carbamates (subject to hydrolysis) is 1. The number of carbonyl (C=O) groups is 3. The highest BCUT2D eigenvalue weighted by atomic mass is 127. The van der Waals surface area contributed by atoms with Gasteiger partial charge >= 0.3 is 12.2 Å². The van der Waals surface area contributed by atoms with Crippen molar-refractivity contribution < 1.29 is 28.2 Å². The third-order valence-corrected chi connectivity index (χ3v) is 8.71. The Hall–Kier alpha value is -2.54. The first-order valence-electron chi connectivity index (χ1n) is 13.2. The van der Waals surface area contributed by atoms with Crippen molar-refractivity contribution in [3.8, 4) is 0 Å². The minimum Gasteiger partial charge on any atom is -0.445 e. The van der Waals surface area contributed by atoms with Crippen LogP contribution in [-0.4, -0.2) is 59.4 Å². The van der Waals surface area contributed by atoms with Crippen molar-refractivity contribution in [1.82, 2.24) is 10.2 Å². The van der Waals surface area contributed by atoms with Gasteiger partial charge in [0.15, 0.2) is 0 Å². The number of nitrogens with one attached hydrogen (secondary N) is 2. The lowest BCUT2D eigenvalue weighted by Crippen LogP contribution is -2.44. The normalized spacial score (nSPS) is 14.8. The standard InChI is InChI=1S/C29H39FIN3O5S/c1-29(2,3)39-28(37)34-16-9-12-22-21(18-34)13-14-23(25(22)30)32-26(35)24(15-17-40(4,5)31)33-27(36)38-19-20-10-7-6-8-11-20/h6-8,10-11,13-14,24H,9,12,15-19H2,1-5H3,(H,32,35)(H,33,36)/t24-/m0/s1. The summed E-state index contributed by atoms with van der Waals surface area (Å²) in [6.45, 7) is 6.15. The van der Waals surface area contributed by atoms with Crippen LogP contribution in [0.5, 0.6) is 0 Å². The van der Waals surface area contributed by atoms with E-state index in [-0.39, 0.29) is 18.8 Å². The minimum atomic E-state index is -0.983. The second kappa shape index (κ2) is 13.9. The fourth-order valence-corrected chi connectivity index (χ4v) is 5.74. The maximum absolute atomic E-state index is 15.6. The van der Waals surface area contributed by atoms with Crippen LogP contribution in [0, 0.1) is 5.82 Å². The smallest absolute Gasteiger partial charge is 0.410 e. The molecule has 1 atom stereocenters. The molecule has 2 aromatic rings. The predicted molar refractivity (Wildman–Crippen MR) is 166 cm³/mol. The Bertz CT molecular complexity index is 1200. The molecule has 0 saturated carbocycles. The van der Waals surface area contributed by atoms with Gasteiger partial charge in [-0.15, -0.1) is 0 Å². The molecule has 0 saturated heterocycles. The second-order valence-electron chi connectivity index (χ2n) is 11.2. The van der Waals surface area contributed by atoms with E-state index in [1.54, 1.807) is 31.7 Å². The molecule has 0 bridgehead atoms. The molecule has 1 heterocycles. The molecule has 11 heteroatoms. The molecule has 3 amide bonds. The van der Waals surface area contributed by atoms with Gasteiger partial charge in [-0.25, -0.2) is 14.0 Å². The van der Waals surface area contributed by atoms with Gasteiger partial charge in [-0.3, -0.25) is 4.79 Å². The Morgan fingerprint density at radius 2 is 1.82 bits per heavy atom. The van der Waals surface area contributed by atoms with E-state index in [0.717, 1.165) is 11.3 Å². The van der Waals surface area contributed by atoms with E-state index < -0.39 is 42.8 Å². The molecule has 0 unspecified atom stereocenters. The second-order valence-corrected chi connectivity index (χ2v) is 21.6. The Labute approximate surface area is 249 Å². The Morgan fingerprint density at radius 3 is 2.48 bits per heavy atom. The number of nitrogens with zero attached hydrogens (tertiary/aromatic N) is 1. The maximum atomic E-state index is 15.6. The molecule has 0 aromatic heterocycles. The number of hydrogen-bond donors (Lipinski definition) is 2. The summed E-state index contributed by atoms with van der Waals surface area (Å²) in [7, 11) is -0.983. The lowest BCUT2D eigenvalue weighted by Gasteiger charge is -2.27. The molecule has 0 spiro atoms. The van der Waals surface area contributed by atoms with Crippen molar-refractivity contribution in [3.05, 3.63) is 65.0 Å². The number of ether oxygens (including phenoxy) is 2. The van der Waals surface area contributed by atoms with Crippen LogP contribution in [0.1, 0.15) is 50.3 Å². The zero-order valence-electron chi connectivity index (χ0n) is 23.7. The van der Waals surface area contributed by atoms with Gasteiger partial charge in [-0.05, 0) is 102 Å². The predicted octanol–water partition coefficient (Wildman–Crippen LogP) is 6.55. The molecule has 1 aliphatic heterocycles. The van der Waals surface area contributed by atoms with Gasteiger partial charge < -0.3 is 25.0 Å². The van der Waals surface area contributed by atoms with Crippen LogP contribution in [0.15, 0.2) is 42.5 Å². The molecule has 2 N–H and O–H groups in total. The molecule has 1 aliphatic rings. The van der Waals surface area contributed by atoms with E-state index in [0.29, 0.717) is 36.9 Å². The minimum absolute atomic E-state index is 0.0417. The molecule has 2 aromatic carbocycles. The van der Waals surface area contributed by atoms with Crippen molar-refractivity contribution in [2.24, 2.45) is 0 Å². The number of halogens is 2. The molecule has 0 aliphatic carbocycles. The highest BCUT2D eigenvalue weighted by molar-refractivity contribution is 14.2. The number of fused-ring (bicyclic) bond motifs is 1. The number of hydrogen-bond acceptors (Lipinski definition) is 5. The zero-order valence-corrected chi connectivity index (χ0v) is 26.7. The summed E-state index contributed by atoms with van der Waals surface area (Å²) < 4.78 is 26.5. The fourth-order valence-electron chi connectivity index (χ4n) is 4.18. The number of anilines is 1. The molecular weight excluding hydrogens is 648 g/mol. The van der Waals surface area contributed by atoms with Crippen molar-refractivity contribution in [3.63, 3.8) is 0 Å². The summed E-state index contributed by atoms with van der Waals surface area (Å²) in [6.07, 6.45) is 4.44. The lowest BCUT2D eigenvalue weighted by molar-refractivity contribution is -0.118. The average Bonchev–Trinajstić information content (AvgIpc) is 3.09. The number of carbonyl (C=O) groups excluding carboxylic acids is 3. The number of rotatable bonds is 8. The number of benzene rings is 2. The molecule has 220 valence electrons. The summed E-state index contributed by atoms with van der Waals surface area (Å²) in [4.78, 5) is 40.0. The zero-order chi connectivity index (χ0) is 29.5. The van der Waals surface area contributed by atoms with E-state index >= 15 is 4.39 Å². The third-order valence-electron chi connectivity index (χ3n) is 6.18. The van der Waals surface area contributed by atoms with Crippen LogP contribution in [0.2, 0.25) is 0 Å². The SMILES string of the molecule is CC(C)(C)OC(=O)N1CCCc2c(ccc(NC(=O)[C@H](CCS(C)(C)I)NC(=O)OCc3ccccc3)c2F)C1. The first kappa shape index (κ1) is 32.0. The van der Waals surface area contributed by atoms with Gasteiger partial charge in [-0.1, -0.05) is 36.4 Å². The summed E-state index contributed by atoms with van der Waals surface area (Å²) in [5.41, 5.74) is 1.38. The Kier molecular flexibility index (Phi) is 11.1. The molecule has 0 fully saturated rings.